The lowest BCUT2D eigenvalue weighted by molar-refractivity contribution is -0.161. The zero-order chi connectivity index (χ0) is 26.0. The summed E-state index contributed by atoms with van der Waals surface area (Å²) in [6.07, 6.45) is 0. The maximum absolute atomic E-state index is 12.4. The van der Waals surface area contributed by atoms with E-state index in [0.29, 0.717) is 19.6 Å². The summed E-state index contributed by atoms with van der Waals surface area (Å²) >= 11 is 0. The smallest absolute Gasteiger partial charge is 0.320 e. The lowest BCUT2D eigenvalue weighted by Crippen LogP contribution is -2.45. The summed E-state index contributed by atoms with van der Waals surface area (Å²) in [5, 5.41) is 9.46. The average Bonchev–Trinajstić information content (AvgIpc) is 2.53. The standard InChI is InChI=1S/C24H46N2O7/c1-18(17-27)13-25(14-19(28)31-22(2,3)4)11-12-26(15-20(29)32-23(5,6)7)16-21(30)33-24(8,9)10/h18,27H,11-17H2,1-10H3. The molecule has 1 unspecified atom stereocenters. The summed E-state index contributed by atoms with van der Waals surface area (Å²) in [5.41, 5.74) is -1.90. The van der Waals surface area contributed by atoms with Gasteiger partial charge in [0.2, 0.25) is 0 Å². The van der Waals surface area contributed by atoms with Crippen LogP contribution in [0.25, 0.3) is 0 Å². The van der Waals surface area contributed by atoms with Crippen molar-refractivity contribution in [2.24, 2.45) is 5.92 Å². The van der Waals surface area contributed by atoms with Crippen molar-refractivity contribution >= 4 is 17.9 Å². The van der Waals surface area contributed by atoms with E-state index in [2.05, 4.69) is 0 Å². The predicted octanol–water partition coefficient (Wildman–Crippen LogP) is 2.24. The third-order valence-corrected chi connectivity index (χ3v) is 3.93. The minimum Gasteiger partial charge on any atom is -0.459 e. The van der Waals surface area contributed by atoms with Gasteiger partial charge in [0, 0.05) is 26.2 Å². The molecule has 0 aliphatic heterocycles. The van der Waals surface area contributed by atoms with Gasteiger partial charge in [-0.2, -0.15) is 0 Å². The maximum atomic E-state index is 12.4. The summed E-state index contributed by atoms with van der Waals surface area (Å²) in [7, 11) is 0. The lowest BCUT2D eigenvalue weighted by atomic mass is 10.2. The monoisotopic (exact) mass is 474 g/mol. The molecular weight excluding hydrogens is 428 g/mol. The van der Waals surface area contributed by atoms with Crippen LogP contribution in [0.1, 0.15) is 69.2 Å². The molecule has 0 amide bonds. The van der Waals surface area contributed by atoms with Crippen LogP contribution in [-0.4, -0.2) is 95.5 Å². The van der Waals surface area contributed by atoms with E-state index in [-0.39, 0.29) is 38.1 Å². The second-order valence-corrected chi connectivity index (χ2v) is 11.5. The average molecular weight is 475 g/mol. The summed E-state index contributed by atoms with van der Waals surface area (Å²) < 4.78 is 16.2. The van der Waals surface area contributed by atoms with Crippen molar-refractivity contribution in [2.45, 2.75) is 86.0 Å². The zero-order valence-electron chi connectivity index (χ0n) is 22.3. The highest BCUT2D eigenvalue weighted by Crippen LogP contribution is 2.11. The molecule has 0 rings (SSSR count). The van der Waals surface area contributed by atoms with Gasteiger partial charge < -0.3 is 19.3 Å². The number of carbonyl (C=O) groups is 3. The Morgan fingerprint density at radius 2 is 0.970 bits per heavy atom. The van der Waals surface area contributed by atoms with Gasteiger partial charge in [-0.1, -0.05) is 6.92 Å². The predicted molar refractivity (Wildman–Crippen MR) is 127 cm³/mol. The Morgan fingerprint density at radius 1 is 0.667 bits per heavy atom. The Hall–Kier alpha value is -1.71. The van der Waals surface area contributed by atoms with E-state index in [4.69, 9.17) is 14.2 Å². The van der Waals surface area contributed by atoms with Gasteiger partial charge in [-0.25, -0.2) is 0 Å². The molecule has 0 spiro atoms. The fraction of sp³-hybridized carbons (Fsp3) is 0.875. The Bertz CT molecular complexity index is 600. The lowest BCUT2D eigenvalue weighted by Gasteiger charge is -2.30. The van der Waals surface area contributed by atoms with Crippen molar-refractivity contribution in [1.29, 1.82) is 0 Å². The van der Waals surface area contributed by atoms with E-state index in [9.17, 15) is 19.5 Å². The molecule has 194 valence electrons. The Morgan fingerprint density at radius 3 is 1.27 bits per heavy atom. The van der Waals surface area contributed by atoms with Crippen molar-refractivity contribution in [3.8, 4) is 0 Å². The number of rotatable bonds is 12. The first-order chi connectivity index (χ1) is 14.8. The molecule has 9 nitrogen and oxygen atoms in total. The molecule has 0 aromatic carbocycles. The summed E-state index contributed by atoms with van der Waals surface area (Å²) in [4.78, 5) is 40.7. The van der Waals surface area contributed by atoms with E-state index in [1.165, 1.54) is 0 Å². The maximum Gasteiger partial charge on any atom is 0.320 e. The van der Waals surface area contributed by atoms with Gasteiger partial charge in [-0.05, 0) is 68.2 Å². The molecular formula is C24H46N2O7. The quantitative estimate of drug-likeness (QED) is 0.337. The number of esters is 3. The SMILES string of the molecule is CC(CO)CN(CCN(CC(=O)OC(C)(C)C)CC(=O)OC(C)(C)C)CC(=O)OC(C)(C)C. The minimum atomic E-state index is -0.645. The van der Waals surface area contributed by atoms with Gasteiger partial charge >= 0.3 is 17.9 Å². The molecule has 0 aromatic rings. The Labute approximate surface area is 199 Å². The van der Waals surface area contributed by atoms with Crippen LogP contribution in [0.5, 0.6) is 0 Å². The topological polar surface area (TPSA) is 106 Å². The van der Waals surface area contributed by atoms with Crippen LogP contribution in [0.15, 0.2) is 0 Å². The highest BCUT2D eigenvalue weighted by Gasteiger charge is 2.25. The van der Waals surface area contributed by atoms with Gasteiger partial charge in [0.25, 0.3) is 0 Å². The molecule has 0 aromatic heterocycles. The largest absolute Gasteiger partial charge is 0.459 e. The van der Waals surface area contributed by atoms with Crippen LogP contribution in [-0.2, 0) is 28.6 Å². The Balaban J connectivity index is 5.33. The first-order valence-corrected chi connectivity index (χ1v) is 11.5. The molecule has 1 atom stereocenters. The zero-order valence-corrected chi connectivity index (χ0v) is 22.3. The summed E-state index contributed by atoms with van der Waals surface area (Å²) in [5.74, 6) is -1.34. The van der Waals surface area contributed by atoms with Crippen LogP contribution in [0.3, 0.4) is 0 Å². The van der Waals surface area contributed by atoms with Gasteiger partial charge in [-0.15, -0.1) is 0 Å². The van der Waals surface area contributed by atoms with E-state index in [0.717, 1.165) is 0 Å². The Kier molecular flexibility index (Phi) is 12.6. The fourth-order valence-corrected chi connectivity index (χ4v) is 2.90. The molecule has 1 N–H and O–H groups in total. The van der Waals surface area contributed by atoms with Gasteiger partial charge in [0.15, 0.2) is 0 Å². The summed E-state index contributed by atoms with van der Waals surface area (Å²) in [6, 6.07) is 0. The summed E-state index contributed by atoms with van der Waals surface area (Å²) in [6.45, 7) is 19.0. The highest BCUT2D eigenvalue weighted by atomic mass is 16.6. The number of nitrogens with zero attached hydrogens (tertiary/aromatic N) is 2. The molecule has 0 aliphatic carbocycles. The number of hydrogen-bond donors (Lipinski definition) is 1. The van der Waals surface area contributed by atoms with Crippen LogP contribution < -0.4 is 0 Å². The first-order valence-electron chi connectivity index (χ1n) is 11.5. The number of carbonyl (C=O) groups excluding carboxylic acids is 3. The van der Waals surface area contributed by atoms with Crippen molar-refractivity contribution in [3.63, 3.8) is 0 Å². The number of hydrogen-bond acceptors (Lipinski definition) is 9. The molecule has 0 heterocycles. The number of aliphatic hydroxyl groups excluding tert-OH is 1. The third-order valence-electron chi connectivity index (χ3n) is 3.93. The van der Waals surface area contributed by atoms with Crippen molar-refractivity contribution in [3.05, 3.63) is 0 Å². The molecule has 33 heavy (non-hydrogen) atoms. The van der Waals surface area contributed by atoms with Crippen LogP contribution in [0, 0.1) is 5.92 Å². The van der Waals surface area contributed by atoms with E-state index >= 15 is 0 Å². The number of aliphatic hydroxyl groups is 1. The van der Waals surface area contributed by atoms with Crippen LogP contribution in [0.4, 0.5) is 0 Å². The third kappa shape index (κ3) is 18.4. The normalized spacial score (nSPS) is 13.7. The number of ether oxygens (including phenoxy) is 3. The molecule has 0 aliphatic rings. The molecule has 0 bridgehead atoms. The van der Waals surface area contributed by atoms with Gasteiger partial charge in [-0.3, -0.25) is 24.2 Å². The van der Waals surface area contributed by atoms with Crippen molar-refractivity contribution in [2.75, 3.05) is 45.9 Å². The van der Waals surface area contributed by atoms with E-state index in [1.807, 2.05) is 11.8 Å². The van der Waals surface area contributed by atoms with E-state index in [1.54, 1.807) is 67.2 Å². The van der Waals surface area contributed by atoms with Crippen LogP contribution in [0.2, 0.25) is 0 Å². The first kappa shape index (κ1) is 31.3. The molecule has 0 radical (unpaired) electrons. The van der Waals surface area contributed by atoms with Gasteiger partial charge in [0.05, 0.1) is 19.6 Å². The molecule has 9 heteroatoms. The highest BCUT2D eigenvalue weighted by molar-refractivity contribution is 5.75. The minimum absolute atomic E-state index is 0.0235. The molecule has 0 fully saturated rings. The van der Waals surface area contributed by atoms with Crippen LogP contribution >= 0.6 is 0 Å². The van der Waals surface area contributed by atoms with Crippen molar-refractivity contribution in [1.82, 2.24) is 9.80 Å². The van der Waals surface area contributed by atoms with E-state index < -0.39 is 28.7 Å². The molecule has 0 saturated heterocycles. The fourth-order valence-electron chi connectivity index (χ4n) is 2.90. The second-order valence-electron chi connectivity index (χ2n) is 11.5. The molecule has 0 saturated carbocycles. The van der Waals surface area contributed by atoms with Crippen molar-refractivity contribution < 1.29 is 33.7 Å². The second kappa shape index (κ2) is 13.2. The van der Waals surface area contributed by atoms with Gasteiger partial charge in [0.1, 0.15) is 16.8 Å².